The van der Waals surface area contributed by atoms with E-state index in [0.29, 0.717) is 71.0 Å². The van der Waals surface area contributed by atoms with Crippen LogP contribution in [0.1, 0.15) is 188 Å². The molecular weight excluding hydrogens is 994 g/mol. The van der Waals surface area contributed by atoms with Crippen LogP contribution in [0.15, 0.2) is 0 Å². The standard InChI is InChI=1S/C60H108N8O4.2H2O.Zn/c1-29(2)49(30(3)4)69-41-25-17-21-37-45(41)57-61-53(37)66-58-47-39(23-19-27-43(47)71-51(33(9)10)34(11)12)55(63-58)68-60-48-40(24-20-28-44(48)72-52(35(13)14)36(15)16)56(64-60)67-59-46-38(54(62-59)65-57)22-18-26-42(46)70-50(31(5)6)32(7)8;;;/h29-60,65-68H,17-28H2,1-16H3;2*1H2;/q-4;;;. The van der Waals surface area contributed by atoms with E-state index in [1.165, 1.54) is 0 Å². The van der Waals surface area contributed by atoms with Gasteiger partial charge in [-0.3, -0.25) is 0 Å². The number of hydrogen-bond donors (Lipinski definition) is 4. The van der Waals surface area contributed by atoms with Gasteiger partial charge >= 0.3 is 0 Å². The van der Waals surface area contributed by atoms with Gasteiger partial charge in [0, 0.05) is 19.5 Å². The number of rotatable bonds is 16. The van der Waals surface area contributed by atoms with Gasteiger partial charge in [-0.25, -0.2) is 0 Å². The summed E-state index contributed by atoms with van der Waals surface area (Å²) in [5, 5.41) is 41.2. The van der Waals surface area contributed by atoms with Crippen LogP contribution in [-0.4, -0.2) is 109 Å². The van der Waals surface area contributed by atoms with Gasteiger partial charge in [-0.1, -0.05) is 211 Å². The molecule has 0 spiro atoms. The minimum atomic E-state index is -0.0778. The van der Waals surface area contributed by atoms with Crippen molar-refractivity contribution in [3.63, 3.8) is 0 Å². The third-order valence-corrected chi connectivity index (χ3v) is 20.1. The normalized spacial score (nSPS) is 40.8. The third-order valence-electron chi connectivity index (χ3n) is 20.1. The zero-order chi connectivity index (χ0) is 51.4. The Balaban J connectivity index is 0.00000305. The van der Waals surface area contributed by atoms with E-state index in [4.69, 9.17) is 40.2 Å². The third kappa shape index (κ3) is 13.6. The van der Waals surface area contributed by atoms with E-state index >= 15 is 0 Å². The van der Waals surface area contributed by atoms with Gasteiger partial charge in [-0.05, 0) is 120 Å². The van der Waals surface area contributed by atoms with E-state index in [-0.39, 0.29) is 152 Å². The van der Waals surface area contributed by atoms with Crippen molar-refractivity contribution in [3.05, 3.63) is 21.3 Å². The van der Waals surface area contributed by atoms with E-state index in [0.717, 1.165) is 77.0 Å². The molecule has 20 unspecified atom stereocenters. The maximum atomic E-state index is 7.42. The topological polar surface area (TPSA) is 204 Å². The van der Waals surface area contributed by atoms with Gasteiger partial charge in [-0.15, -0.1) is 0 Å². The molecule has 5 saturated heterocycles. The average molecular weight is 1110 g/mol. The van der Waals surface area contributed by atoms with Crippen molar-refractivity contribution < 1.29 is 49.4 Å². The summed E-state index contributed by atoms with van der Waals surface area (Å²) >= 11 is 0. The van der Waals surface area contributed by atoms with Crippen LogP contribution < -0.4 is 21.3 Å². The van der Waals surface area contributed by atoms with Gasteiger partial charge in [0.15, 0.2) is 0 Å². The fourth-order valence-corrected chi connectivity index (χ4v) is 17.4. The molecular formula is C60H112N8O6Zn-4. The Morgan fingerprint density at radius 2 is 0.453 bits per heavy atom. The minimum absolute atomic E-state index is 0. The molecule has 8 bridgehead atoms. The summed E-state index contributed by atoms with van der Waals surface area (Å²) in [6.45, 7) is 37.5. The fraction of sp³-hybridized carbons (Fsp3) is 1.00. The van der Waals surface area contributed by atoms with Crippen LogP contribution in [-0.2, 0) is 38.4 Å². The van der Waals surface area contributed by atoms with Crippen molar-refractivity contribution in [2.24, 2.45) is 94.7 Å². The first-order valence-corrected chi connectivity index (χ1v) is 30.8. The molecule has 8 N–H and O–H groups in total. The van der Waals surface area contributed by atoms with Crippen molar-refractivity contribution in [3.8, 4) is 0 Å². The Kier molecular flexibility index (Phi) is 23.5. The Bertz CT molecular complexity index is 1440. The Labute approximate surface area is 470 Å². The second-order valence-corrected chi connectivity index (χ2v) is 28.0. The molecule has 9 aliphatic rings. The summed E-state index contributed by atoms with van der Waals surface area (Å²) in [7, 11) is 0. The number of hydrogen-bond acceptors (Lipinski definition) is 8. The molecule has 0 amide bonds. The van der Waals surface area contributed by atoms with Crippen LogP contribution >= 0.6 is 0 Å². The molecule has 4 aliphatic carbocycles. The Morgan fingerprint density at radius 1 is 0.280 bits per heavy atom. The van der Waals surface area contributed by atoms with Crippen molar-refractivity contribution in [2.75, 3.05) is 0 Å². The summed E-state index contributed by atoms with van der Waals surface area (Å²) < 4.78 is 29.7. The van der Waals surface area contributed by atoms with Gasteiger partial charge in [0.2, 0.25) is 0 Å². The summed E-state index contributed by atoms with van der Waals surface area (Å²) in [6, 6.07) is 0. The smallest absolute Gasteiger partial charge is 0.0624 e. The van der Waals surface area contributed by atoms with Gasteiger partial charge in [0.25, 0.3) is 0 Å². The number of nitrogens with one attached hydrogen (secondary N) is 4. The summed E-state index contributed by atoms with van der Waals surface area (Å²) in [6.07, 6.45) is 14.4. The van der Waals surface area contributed by atoms with E-state index in [1.54, 1.807) is 0 Å². The molecule has 0 aromatic carbocycles. The number of fused-ring (bicyclic) bond motifs is 20. The predicted molar refractivity (Wildman–Crippen MR) is 300 cm³/mol. The zero-order valence-electron chi connectivity index (χ0n) is 50.1. The first-order valence-electron chi connectivity index (χ1n) is 30.8. The average Bonchev–Trinajstić information content (AvgIpc) is 4.06. The van der Waals surface area contributed by atoms with Gasteiger partial charge < -0.3 is 72.4 Å². The second-order valence-electron chi connectivity index (χ2n) is 28.0. The zero-order valence-corrected chi connectivity index (χ0v) is 53.1. The minimum Gasteiger partial charge on any atom is -0.632 e. The first kappa shape index (κ1) is 64.2. The van der Waals surface area contributed by atoms with E-state index < -0.39 is 0 Å². The van der Waals surface area contributed by atoms with E-state index in [2.05, 4.69) is 132 Å². The summed E-state index contributed by atoms with van der Waals surface area (Å²) in [5.41, 5.74) is 0. The van der Waals surface area contributed by atoms with Crippen LogP contribution in [0.4, 0.5) is 0 Å². The second kappa shape index (κ2) is 27.4. The van der Waals surface area contributed by atoms with Crippen molar-refractivity contribution in [2.45, 2.75) is 286 Å². The maximum absolute atomic E-state index is 7.42. The summed E-state index contributed by atoms with van der Waals surface area (Å²) in [5.74, 6) is 5.88. The predicted octanol–water partition coefficient (Wildman–Crippen LogP) is 10.8. The van der Waals surface area contributed by atoms with Crippen molar-refractivity contribution >= 4 is 0 Å². The Hall–Kier alpha value is 0.0634. The molecule has 75 heavy (non-hydrogen) atoms. The molecule has 0 radical (unpaired) electrons. The largest absolute Gasteiger partial charge is 0.632 e. The number of ether oxygens (including phenoxy) is 4. The van der Waals surface area contributed by atoms with Gasteiger partial charge in [0.1, 0.15) is 0 Å². The van der Waals surface area contributed by atoms with E-state index in [1.807, 2.05) is 0 Å². The molecule has 15 heteroatoms. The molecule has 0 aromatic rings. The maximum Gasteiger partial charge on any atom is 0.0624 e. The van der Waals surface area contributed by atoms with Gasteiger partial charge in [-0.2, -0.15) is 0 Å². The van der Waals surface area contributed by atoms with Crippen molar-refractivity contribution in [1.82, 2.24) is 21.3 Å². The van der Waals surface area contributed by atoms with Crippen LogP contribution in [0.25, 0.3) is 21.3 Å². The molecule has 5 aliphatic heterocycles. The molecule has 20 atom stereocenters. The van der Waals surface area contributed by atoms with Gasteiger partial charge in [0.05, 0.1) is 48.8 Å². The molecule has 434 valence electrons. The van der Waals surface area contributed by atoms with Crippen LogP contribution in [0.2, 0.25) is 0 Å². The van der Waals surface area contributed by atoms with Crippen molar-refractivity contribution in [1.29, 1.82) is 0 Å². The molecule has 9 fully saturated rings. The van der Waals surface area contributed by atoms with Crippen LogP contribution in [0.5, 0.6) is 0 Å². The summed E-state index contributed by atoms with van der Waals surface area (Å²) in [4.78, 5) is 0. The molecule has 4 saturated carbocycles. The van der Waals surface area contributed by atoms with Crippen LogP contribution in [0.3, 0.4) is 0 Å². The fourth-order valence-electron chi connectivity index (χ4n) is 17.4. The SMILES string of the molecule is CC(C)C(OC1CCCC2C3[N-]C(NC4[N-]C(NC5[N-]C(NC6[N-]C(N3)C3C(OC(C(C)C)C(C)C)CCCC63)C3C(OC(C(C)C)C(C)C)CCCC53)C3C(OC(C(C)C)C(C)C)CCCC43)C12)C(C)C.O.O.[Zn]. The number of nitrogens with zero attached hydrogens (tertiary/aromatic N) is 4. The van der Waals surface area contributed by atoms with E-state index in [9.17, 15) is 0 Å². The first-order chi connectivity index (χ1) is 34.3. The Morgan fingerprint density at radius 3 is 0.613 bits per heavy atom. The monoisotopic (exact) mass is 1100 g/mol. The van der Waals surface area contributed by atoms with Crippen LogP contribution in [0, 0.1) is 94.7 Å². The molecule has 5 heterocycles. The molecule has 0 aromatic heterocycles. The molecule has 9 rings (SSSR count). The molecule has 14 nitrogen and oxygen atoms in total. The quantitative estimate of drug-likeness (QED) is 0.109.